The van der Waals surface area contributed by atoms with E-state index in [-0.39, 0.29) is 5.41 Å². The van der Waals surface area contributed by atoms with Crippen molar-refractivity contribution in [3.63, 3.8) is 0 Å². The molecule has 53 heavy (non-hydrogen) atoms. The average Bonchev–Trinajstić information content (AvgIpc) is 3.46. The molecule has 0 atom stereocenters. The van der Waals surface area contributed by atoms with E-state index in [0.29, 0.717) is 17.3 Å². The summed E-state index contributed by atoms with van der Waals surface area (Å²) in [5.41, 5.74) is 13.7. The zero-order valence-electron chi connectivity index (χ0n) is 29.4. The van der Waals surface area contributed by atoms with Crippen LogP contribution in [0, 0.1) is 0 Å². The topological polar surface area (TPSA) is 44.2 Å². The molecule has 0 N–H and O–H groups in total. The van der Waals surface area contributed by atoms with Crippen LogP contribution < -0.4 is 9.47 Å². The number of nitrogens with zero attached hydrogens (tertiary/aromatic N) is 2. The van der Waals surface area contributed by atoms with Gasteiger partial charge in [-0.3, -0.25) is 0 Å². The van der Waals surface area contributed by atoms with Crippen molar-refractivity contribution >= 4 is 0 Å². The van der Waals surface area contributed by atoms with Gasteiger partial charge < -0.3 is 9.47 Å². The first-order chi connectivity index (χ1) is 26.0. The molecule has 0 bridgehead atoms. The lowest BCUT2D eigenvalue weighted by Crippen LogP contribution is -2.15. The highest BCUT2D eigenvalue weighted by molar-refractivity contribution is 5.88. The maximum atomic E-state index is 6.82. The lowest BCUT2D eigenvalue weighted by molar-refractivity contribution is 0.360. The van der Waals surface area contributed by atoms with Crippen molar-refractivity contribution in [3.8, 4) is 90.3 Å². The smallest absolute Gasteiger partial charge is 0.178 e. The maximum absolute atomic E-state index is 6.82. The number of rotatable bonds is 5. The Kier molecular flexibility index (Phi) is 7.12. The molecule has 4 nitrogen and oxygen atoms in total. The monoisotopic (exact) mass is 682 g/mol. The summed E-state index contributed by atoms with van der Waals surface area (Å²) in [6.07, 6.45) is 0. The zero-order valence-corrected chi connectivity index (χ0v) is 29.4. The second kappa shape index (κ2) is 12.2. The van der Waals surface area contributed by atoms with Gasteiger partial charge in [-0.15, -0.1) is 0 Å². The van der Waals surface area contributed by atoms with Gasteiger partial charge in [-0.1, -0.05) is 141 Å². The van der Waals surface area contributed by atoms with Crippen LogP contribution in [0.4, 0.5) is 0 Å². The van der Waals surface area contributed by atoms with Crippen molar-refractivity contribution in [2.45, 2.75) is 19.3 Å². The number of hydrogen-bond acceptors (Lipinski definition) is 4. The van der Waals surface area contributed by atoms with E-state index in [1.807, 2.05) is 30.3 Å². The van der Waals surface area contributed by atoms with Crippen LogP contribution >= 0.6 is 0 Å². The lowest BCUT2D eigenvalue weighted by atomic mass is 9.82. The van der Waals surface area contributed by atoms with Gasteiger partial charge in [0.15, 0.2) is 28.8 Å². The fraction of sp³-hybridized carbons (Fsp3) is 0.0612. The summed E-state index contributed by atoms with van der Waals surface area (Å²) in [4.78, 5) is 10.4. The van der Waals surface area contributed by atoms with Crippen LogP contribution in [0.1, 0.15) is 25.0 Å². The third-order valence-electron chi connectivity index (χ3n) is 10.6. The van der Waals surface area contributed by atoms with E-state index >= 15 is 0 Å². The van der Waals surface area contributed by atoms with Crippen LogP contribution in [0.25, 0.3) is 67.3 Å². The Hall–Kier alpha value is -6.78. The van der Waals surface area contributed by atoms with E-state index in [1.54, 1.807) is 0 Å². The minimum Gasteiger partial charge on any atom is -0.449 e. The fourth-order valence-electron chi connectivity index (χ4n) is 7.81. The van der Waals surface area contributed by atoms with Crippen LogP contribution in [0.3, 0.4) is 0 Å². The van der Waals surface area contributed by atoms with E-state index < -0.39 is 0 Å². The number of fused-ring (bicyclic) bond motifs is 6. The van der Waals surface area contributed by atoms with Gasteiger partial charge in [0.2, 0.25) is 0 Å². The average molecular weight is 683 g/mol. The quantitative estimate of drug-likeness (QED) is 0.181. The molecule has 2 aliphatic rings. The van der Waals surface area contributed by atoms with Gasteiger partial charge in [-0.05, 0) is 81.4 Å². The zero-order chi connectivity index (χ0) is 35.5. The Morgan fingerprint density at radius 1 is 0.396 bits per heavy atom. The summed E-state index contributed by atoms with van der Waals surface area (Å²) in [6.45, 7) is 4.55. The molecule has 4 heteroatoms. The van der Waals surface area contributed by atoms with E-state index in [0.717, 1.165) is 67.4 Å². The summed E-state index contributed by atoms with van der Waals surface area (Å²) < 4.78 is 13.3. The van der Waals surface area contributed by atoms with Gasteiger partial charge in [-0.25, -0.2) is 9.97 Å². The van der Waals surface area contributed by atoms with Crippen molar-refractivity contribution in [1.29, 1.82) is 0 Å². The summed E-state index contributed by atoms with van der Waals surface area (Å²) in [5.74, 6) is 3.46. The molecule has 0 radical (unpaired) electrons. The molecular formula is C49H34N2O2. The first-order valence-electron chi connectivity index (χ1n) is 18.0. The molecule has 7 aromatic carbocycles. The Bertz CT molecular complexity index is 2600. The molecule has 0 saturated heterocycles. The molecule has 1 aliphatic carbocycles. The van der Waals surface area contributed by atoms with Gasteiger partial charge in [0, 0.05) is 27.7 Å². The van der Waals surface area contributed by atoms with Crippen LogP contribution in [0.15, 0.2) is 170 Å². The van der Waals surface area contributed by atoms with Crippen molar-refractivity contribution in [2.24, 2.45) is 0 Å². The summed E-state index contributed by atoms with van der Waals surface area (Å²) >= 11 is 0. The van der Waals surface area contributed by atoms with Gasteiger partial charge in [0.05, 0.1) is 11.4 Å². The summed E-state index contributed by atoms with van der Waals surface area (Å²) in [5, 5.41) is 0. The summed E-state index contributed by atoms with van der Waals surface area (Å²) in [6, 6.07) is 58.8. The third kappa shape index (κ3) is 5.30. The van der Waals surface area contributed by atoms with Crippen molar-refractivity contribution < 1.29 is 9.47 Å². The first-order valence-corrected chi connectivity index (χ1v) is 18.0. The van der Waals surface area contributed by atoms with E-state index in [1.165, 1.54) is 16.7 Å². The molecule has 0 fully saturated rings. The second-order valence-corrected chi connectivity index (χ2v) is 14.2. The molecule has 0 unspecified atom stereocenters. The molecule has 1 aromatic heterocycles. The van der Waals surface area contributed by atoms with Gasteiger partial charge in [-0.2, -0.15) is 0 Å². The highest BCUT2D eigenvalue weighted by atomic mass is 16.6. The molecule has 1 aliphatic heterocycles. The molecule has 252 valence electrons. The Morgan fingerprint density at radius 2 is 0.962 bits per heavy atom. The normalized spacial score (nSPS) is 13.2. The van der Waals surface area contributed by atoms with E-state index in [9.17, 15) is 0 Å². The van der Waals surface area contributed by atoms with Gasteiger partial charge in [0.25, 0.3) is 0 Å². The highest BCUT2D eigenvalue weighted by Crippen LogP contribution is 2.58. The van der Waals surface area contributed by atoms with Gasteiger partial charge >= 0.3 is 0 Å². The minimum atomic E-state index is -0.143. The van der Waals surface area contributed by atoms with Crippen LogP contribution in [-0.4, -0.2) is 9.97 Å². The molecule has 8 aromatic rings. The van der Waals surface area contributed by atoms with Crippen molar-refractivity contribution in [1.82, 2.24) is 9.97 Å². The molecule has 0 amide bonds. The van der Waals surface area contributed by atoms with Gasteiger partial charge in [0.1, 0.15) is 0 Å². The Morgan fingerprint density at radius 3 is 1.68 bits per heavy atom. The second-order valence-electron chi connectivity index (χ2n) is 14.2. The molecular weight excluding hydrogens is 649 g/mol. The Labute approximate surface area is 309 Å². The van der Waals surface area contributed by atoms with Crippen molar-refractivity contribution in [2.75, 3.05) is 0 Å². The molecule has 10 rings (SSSR count). The fourth-order valence-corrected chi connectivity index (χ4v) is 7.81. The SMILES string of the molecule is CC1(C)c2ccccc2-c2c1ccc1c2Oc2cc(-c3cc(-c4cccc(-c5ccccc5)c4)nc(-c4cccc(-c5ccccc5)c4)n3)ccc2O1. The third-order valence-corrected chi connectivity index (χ3v) is 10.6. The first kappa shape index (κ1) is 31.0. The number of ether oxygens (including phenoxy) is 2. The summed E-state index contributed by atoms with van der Waals surface area (Å²) in [7, 11) is 0. The highest BCUT2D eigenvalue weighted by Gasteiger charge is 2.39. The predicted octanol–water partition coefficient (Wildman–Crippen LogP) is 13.0. The standard InChI is InChI=1S/C49H34N2O2/c1-49(2)39-22-10-9-21-38(39)46-40(49)24-26-44-47(46)53-45-29-36(23-25-43(45)52-44)42-30-41(35-19-11-17-33(27-35)31-13-5-3-6-14-31)50-48(51-42)37-20-12-18-34(28-37)32-15-7-4-8-16-32/h3-30H,1-2H3. The van der Waals surface area contributed by atoms with Crippen LogP contribution in [-0.2, 0) is 5.41 Å². The van der Waals surface area contributed by atoms with Crippen LogP contribution in [0.2, 0.25) is 0 Å². The van der Waals surface area contributed by atoms with E-state index in [4.69, 9.17) is 19.4 Å². The molecule has 0 spiro atoms. The number of benzene rings is 7. The lowest BCUT2D eigenvalue weighted by Gasteiger charge is -2.25. The molecule has 2 heterocycles. The van der Waals surface area contributed by atoms with E-state index in [2.05, 4.69) is 153 Å². The number of aromatic nitrogens is 2. The van der Waals surface area contributed by atoms with Crippen molar-refractivity contribution in [3.05, 3.63) is 181 Å². The Balaban J connectivity index is 1.10. The minimum absolute atomic E-state index is 0.143. The largest absolute Gasteiger partial charge is 0.449 e. The number of hydrogen-bond donors (Lipinski definition) is 0. The van der Waals surface area contributed by atoms with Crippen LogP contribution in [0.5, 0.6) is 23.0 Å². The maximum Gasteiger partial charge on any atom is 0.178 e. The predicted molar refractivity (Wildman–Crippen MR) is 213 cm³/mol. The molecule has 0 saturated carbocycles.